The summed E-state index contributed by atoms with van der Waals surface area (Å²) in [7, 11) is 2.11. The van der Waals surface area contributed by atoms with Crippen molar-refractivity contribution >= 4 is 40.5 Å². The monoisotopic (exact) mass is 657 g/mol. The molecule has 1 saturated carbocycles. The van der Waals surface area contributed by atoms with Crippen molar-refractivity contribution in [1.29, 1.82) is 0 Å². The second-order valence-electron chi connectivity index (χ2n) is 13.8. The Bertz CT molecular complexity index is 2100. The molecule has 7 heterocycles. The minimum Gasteiger partial charge on any atom is -0.366 e. The molecule has 5 aromatic rings. The van der Waals surface area contributed by atoms with Gasteiger partial charge in [-0.25, -0.2) is 9.97 Å². The number of para-hydroxylation sites is 1. The Labute approximate surface area is 283 Å². The summed E-state index contributed by atoms with van der Waals surface area (Å²) in [6.07, 6.45) is 6.00. The van der Waals surface area contributed by atoms with Crippen LogP contribution in [0.15, 0.2) is 54.7 Å². The van der Waals surface area contributed by atoms with Crippen molar-refractivity contribution in [2.24, 2.45) is 5.92 Å². The molecule has 3 fully saturated rings. The van der Waals surface area contributed by atoms with Gasteiger partial charge in [-0.2, -0.15) is 14.7 Å². The topological polar surface area (TPSA) is 129 Å². The number of hydrogen-bond acceptors (Lipinski definition) is 9. The van der Waals surface area contributed by atoms with E-state index in [1.54, 1.807) is 4.52 Å². The van der Waals surface area contributed by atoms with E-state index >= 15 is 0 Å². The standard InChI is InChI=1S/C36H39N11O2/c1-22-15-32-40-31(41-35(48)23-11-12-23)16-33(47(32)42-22)39-28-9-6-8-26-27-17-37-46(30(27)21-43(2)34(26)28)25-19-44(20-25)18-24-7-5-10-29(38-24)36(49)45-13-3-4-14-45/h5-10,15-17,23,25,39H,3-4,11-14,18-21H2,1-2H3,(H,40,41,48). The van der Waals surface area contributed by atoms with Crippen molar-refractivity contribution in [2.45, 2.75) is 51.7 Å². The number of anilines is 4. The highest BCUT2D eigenvalue weighted by molar-refractivity contribution is 5.95. The molecule has 0 bridgehead atoms. The molecule has 2 N–H and O–H groups in total. The highest BCUT2D eigenvalue weighted by atomic mass is 16.2. The lowest BCUT2D eigenvalue weighted by Gasteiger charge is -2.40. The number of nitrogens with zero attached hydrogens (tertiary/aromatic N) is 9. The lowest BCUT2D eigenvalue weighted by atomic mass is 9.97. The van der Waals surface area contributed by atoms with E-state index < -0.39 is 0 Å². The smallest absolute Gasteiger partial charge is 0.272 e. The van der Waals surface area contributed by atoms with E-state index in [1.165, 1.54) is 5.69 Å². The Morgan fingerprint density at radius 1 is 0.980 bits per heavy atom. The number of fused-ring (bicyclic) bond motifs is 4. The van der Waals surface area contributed by atoms with E-state index in [0.29, 0.717) is 23.7 Å². The number of hydrogen-bond donors (Lipinski definition) is 2. The molecule has 0 atom stereocenters. The van der Waals surface area contributed by atoms with E-state index in [9.17, 15) is 9.59 Å². The van der Waals surface area contributed by atoms with Crippen LogP contribution in [0, 0.1) is 12.8 Å². The predicted octanol–water partition coefficient (Wildman–Crippen LogP) is 4.63. The number of aromatic nitrogens is 6. The lowest BCUT2D eigenvalue weighted by molar-refractivity contribution is -0.117. The van der Waals surface area contributed by atoms with Crippen molar-refractivity contribution < 1.29 is 9.59 Å². The van der Waals surface area contributed by atoms with Gasteiger partial charge in [-0.1, -0.05) is 18.2 Å². The fourth-order valence-electron chi connectivity index (χ4n) is 7.44. The number of carbonyl (C=O) groups is 2. The largest absolute Gasteiger partial charge is 0.366 e. The zero-order chi connectivity index (χ0) is 33.2. The summed E-state index contributed by atoms with van der Waals surface area (Å²) >= 11 is 0. The summed E-state index contributed by atoms with van der Waals surface area (Å²) < 4.78 is 3.98. The Morgan fingerprint density at radius 2 is 1.80 bits per heavy atom. The number of likely N-dealkylation sites (tertiary alicyclic amines) is 2. The fraction of sp³-hybridized carbons (Fsp3) is 0.389. The molecule has 1 aromatic carbocycles. The van der Waals surface area contributed by atoms with Crippen LogP contribution in [0.5, 0.6) is 0 Å². The van der Waals surface area contributed by atoms with Gasteiger partial charge in [0.2, 0.25) is 5.91 Å². The molecule has 0 unspecified atom stereocenters. The molecule has 2 amide bonds. The first-order valence-electron chi connectivity index (χ1n) is 17.2. The van der Waals surface area contributed by atoms with Gasteiger partial charge in [0, 0.05) is 68.9 Å². The number of aryl methyl sites for hydroxylation is 1. The first-order valence-corrected chi connectivity index (χ1v) is 17.2. The highest BCUT2D eigenvalue weighted by Gasteiger charge is 2.35. The van der Waals surface area contributed by atoms with Gasteiger partial charge in [0.25, 0.3) is 5.91 Å². The second kappa shape index (κ2) is 11.7. The number of carbonyl (C=O) groups excluding carboxylic acids is 2. The number of nitrogens with one attached hydrogen (secondary N) is 2. The van der Waals surface area contributed by atoms with Gasteiger partial charge < -0.3 is 20.4 Å². The van der Waals surface area contributed by atoms with Crippen LogP contribution < -0.4 is 15.5 Å². The van der Waals surface area contributed by atoms with Crippen molar-refractivity contribution in [3.05, 3.63) is 77.5 Å². The van der Waals surface area contributed by atoms with Crippen LogP contribution in [0.25, 0.3) is 16.8 Å². The quantitative estimate of drug-likeness (QED) is 0.246. The SMILES string of the molecule is Cc1cc2nc(NC(=O)C3CC3)cc(Nc3cccc4c3N(C)Cc3c-4cnn3C3CN(Cc4cccc(C(=O)N5CCCC5)n4)C3)n2n1. The maximum absolute atomic E-state index is 12.9. The maximum Gasteiger partial charge on any atom is 0.272 e. The first kappa shape index (κ1) is 29.8. The van der Waals surface area contributed by atoms with Crippen LogP contribution in [0.3, 0.4) is 0 Å². The summed E-state index contributed by atoms with van der Waals surface area (Å²) in [5, 5.41) is 16.2. The highest BCUT2D eigenvalue weighted by Crippen LogP contribution is 2.45. The van der Waals surface area contributed by atoms with Gasteiger partial charge in [0.1, 0.15) is 17.3 Å². The summed E-state index contributed by atoms with van der Waals surface area (Å²) in [5.74, 6) is 1.38. The molecule has 13 nitrogen and oxygen atoms in total. The Morgan fingerprint density at radius 3 is 2.61 bits per heavy atom. The van der Waals surface area contributed by atoms with Gasteiger partial charge in [-0.3, -0.25) is 19.2 Å². The van der Waals surface area contributed by atoms with E-state index in [-0.39, 0.29) is 23.8 Å². The van der Waals surface area contributed by atoms with Gasteiger partial charge in [-0.15, -0.1) is 0 Å². The van der Waals surface area contributed by atoms with Gasteiger partial charge in [0.15, 0.2) is 5.65 Å². The zero-order valence-electron chi connectivity index (χ0n) is 27.8. The molecule has 9 rings (SSSR count). The molecule has 2 saturated heterocycles. The van der Waals surface area contributed by atoms with Crippen LogP contribution in [0.4, 0.5) is 23.0 Å². The number of benzene rings is 1. The average molecular weight is 658 g/mol. The normalized spacial score (nSPS) is 17.6. The number of rotatable bonds is 8. The van der Waals surface area contributed by atoms with Crippen molar-refractivity contribution in [1.82, 2.24) is 39.2 Å². The van der Waals surface area contributed by atoms with Crippen LogP contribution in [-0.4, -0.2) is 84.2 Å². The molecule has 4 aliphatic rings. The van der Waals surface area contributed by atoms with Crippen molar-refractivity contribution in [3.63, 3.8) is 0 Å². The molecular weight excluding hydrogens is 618 g/mol. The van der Waals surface area contributed by atoms with Gasteiger partial charge >= 0.3 is 0 Å². The van der Waals surface area contributed by atoms with E-state index in [1.807, 2.05) is 48.4 Å². The molecule has 0 radical (unpaired) electrons. The van der Waals surface area contributed by atoms with E-state index in [4.69, 9.17) is 10.1 Å². The third-order valence-electron chi connectivity index (χ3n) is 10.1. The summed E-state index contributed by atoms with van der Waals surface area (Å²) in [6.45, 7) is 6.76. The van der Waals surface area contributed by atoms with Gasteiger partial charge in [-0.05, 0) is 50.8 Å². The summed E-state index contributed by atoms with van der Waals surface area (Å²) in [4.78, 5) is 41.3. The predicted molar refractivity (Wildman–Crippen MR) is 186 cm³/mol. The maximum atomic E-state index is 12.9. The summed E-state index contributed by atoms with van der Waals surface area (Å²) in [5.41, 5.74) is 8.45. The Hall–Kier alpha value is -5.30. The Balaban J connectivity index is 0.932. The molecule has 1 aliphatic carbocycles. The van der Waals surface area contributed by atoms with Crippen molar-refractivity contribution in [3.8, 4) is 11.1 Å². The molecule has 13 heteroatoms. The average Bonchev–Trinajstić information content (AvgIpc) is 3.42. The Kier molecular flexibility index (Phi) is 7.11. The fourth-order valence-corrected chi connectivity index (χ4v) is 7.44. The number of amides is 2. The van der Waals surface area contributed by atoms with E-state index in [0.717, 1.165) is 98.1 Å². The molecule has 0 spiro atoms. The molecule has 49 heavy (non-hydrogen) atoms. The van der Waals surface area contributed by atoms with Crippen LogP contribution >= 0.6 is 0 Å². The molecule has 4 aromatic heterocycles. The lowest BCUT2D eigenvalue weighted by Crippen LogP contribution is -2.48. The third-order valence-corrected chi connectivity index (χ3v) is 10.1. The van der Waals surface area contributed by atoms with Crippen LogP contribution in [0.1, 0.15) is 59.3 Å². The number of pyridine rings is 1. The third kappa shape index (κ3) is 5.47. The van der Waals surface area contributed by atoms with E-state index in [2.05, 4.69) is 60.4 Å². The zero-order valence-corrected chi connectivity index (χ0v) is 27.8. The minimum absolute atomic E-state index is 0.0188. The summed E-state index contributed by atoms with van der Waals surface area (Å²) in [6, 6.07) is 16.1. The molecule has 250 valence electrons. The molecular formula is C36H39N11O2. The molecule has 3 aliphatic heterocycles. The minimum atomic E-state index is 0.0188. The van der Waals surface area contributed by atoms with Crippen LogP contribution in [-0.2, 0) is 17.9 Å². The first-order chi connectivity index (χ1) is 23.9. The van der Waals surface area contributed by atoms with Gasteiger partial charge in [0.05, 0.1) is 47.2 Å². The second-order valence-corrected chi connectivity index (χ2v) is 13.8. The van der Waals surface area contributed by atoms with Crippen molar-refractivity contribution in [2.75, 3.05) is 48.8 Å². The van der Waals surface area contributed by atoms with Crippen LogP contribution in [0.2, 0.25) is 0 Å².